The molecular weight excluding hydrogens is 156 g/mol. The van der Waals surface area contributed by atoms with Gasteiger partial charge in [-0.15, -0.1) is 0 Å². The minimum absolute atomic E-state index is 0.375. The number of carbonyl (C=O) groups is 1. The molecule has 0 N–H and O–H groups in total. The Bertz CT molecular complexity index is 144. The van der Waals surface area contributed by atoms with Gasteiger partial charge in [0.15, 0.2) is 0 Å². The van der Waals surface area contributed by atoms with E-state index in [0.29, 0.717) is 17.6 Å². The molecule has 0 aromatic rings. The summed E-state index contributed by atoms with van der Waals surface area (Å²) in [5, 5.41) is 0. The lowest BCUT2D eigenvalue weighted by atomic mass is 9.89. The molecule has 0 saturated carbocycles. The van der Waals surface area contributed by atoms with Crippen LogP contribution in [0.2, 0.25) is 0 Å². The molecule has 2 unspecified atom stereocenters. The van der Waals surface area contributed by atoms with Crippen LogP contribution in [0.25, 0.3) is 0 Å². The van der Waals surface area contributed by atoms with Crippen molar-refractivity contribution < 1.29 is 4.79 Å². The molecule has 0 spiro atoms. The number of ketones is 1. The summed E-state index contributed by atoms with van der Waals surface area (Å²) in [6.07, 6.45) is 2.41. The average Bonchev–Trinajstić information content (AvgIpc) is 2.36. The number of thioether (sulfide) groups is 1. The summed E-state index contributed by atoms with van der Waals surface area (Å²) in [5.74, 6) is 3.30. The molecule has 1 heterocycles. The molecule has 0 aliphatic carbocycles. The minimum Gasteiger partial charge on any atom is -0.298 e. The second-order valence-corrected chi connectivity index (χ2v) is 4.38. The van der Waals surface area contributed by atoms with Gasteiger partial charge in [-0.2, -0.15) is 11.8 Å². The number of carbonyl (C=O) groups excluding carboxylic acids is 1. The maximum Gasteiger partial charge on any atom is 0.146 e. The second-order valence-electron chi connectivity index (χ2n) is 3.35. The highest BCUT2D eigenvalue weighted by Crippen LogP contribution is 2.28. The van der Waals surface area contributed by atoms with Gasteiger partial charge >= 0.3 is 0 Å². The molecule has 1 aliphatic rings. The lowest BCUT2D eigenvalue weighted by Gasteiger charge is -2.15. The topological polar surface area (TPSA) is 17.1 Å². The van der Waals surface area contributed by atoms with Gasteiger partial charge in [-0.3, -0.25) is 4.79 Å². The average molecular weight is 172 g/mol. The van der Waals surface area contributed by atoms with E-state index in [0.717, 1.165) is 11.5 Å². The fraction of sp³-hybridized carbons (Fsp3) is 0.889. The first kappa shape index (κ1) is 9.11. The van der Waals surface area contributed by atoms with E-state index in [2.05, 4.69) is 13.8 Å². The molecule has 0 aromatic heterocycles. The fourth-order valence-electron chi connectivity index (χ4n) is 1.62. The van der Waals surface area contributed by atoms with Crippen LogP contribution in [0.4, 0.5) is 0 Å². The largest absolute Gasteiger partial charge is 0.298 e. The summed E-state index contributed by atoms with van der Waals surface area (Å²) < 4.78 is 0. The smallest absolute Gasteiger partial charge is 0.146 e. The lowest BCUT2D eigenvalue weighted by molar-refractivity contribution is -0.120. The normalized spacial score (nSPS) is 27.5. The van der Waals surface area contributed by atoms with E-state index >= 15 is 0 Å². The summed E-state index contributed by atoms with van der Waals surface area (Å²) in [6, 6.07) is 0. The van der Waals surface area contributed by atoms with Crippen LogP contribution in [0.15, 0.2) is 0 Å². The molecule has 0 radical (unpaired) electrons. The molecular formula is C9H16OS. The standard InChI is InChI=1S/C9H16OS/c1-3-4-7(2)8-5-11-6-9(8)10/h7-8H,3-6H2,1-2H3. The molecule has 11 heavy (non-hydrogen) atoms. The summed E-state index contributed by atoms with van der Waals surface area (Å²) in [6.45, 7) is 4.39. The Morgan fingerprint density at radius 1 is 1.73 bits per heavy atom. The van der Waals surface area contributed by atoms with Gasteiger partial charge < -0.3 is 0 Å². The highest BCUT2D eigenvalue weighted by Gasteiger charge is 2.29. The molecule has 2 heteroatoms. The van der Waals surface area contributed by atoms with Crippen molar-refractivity contribution in [2.45, 2.75) is 26.7 Å². The van der Waals surface area contributed by atoms with Crippen molar-refractivity contribution in [2.75, 3.05) is 11.5 Å². The first-order chi connectivity index (χ1) is 5.25. The van der Waals surface area contributed by atoms with Crippen LogP contribution in [-0.2, 0) is 4.79 Å². The Morgan fingerprint density at radius 3 is 2.91 bits per heavy atom. The van der Waals surface area contributed by atoms with Crippen LogP contribution >= 0.6 is 11.8 Å². The first-order valence-electron chi connectivity index (χ1n) is 4.36. The van der Waals surface area contributed by atoms with Gasteiger partial charge in [0.1, 0.15) is 5.78 Å². The van der Waals surface area contributed by atoms with Crippen LogP contribution in [0.3, 0.4) is 0 Å². The summed E-state index contributed by atoms with van der Waals surface area (Å²) in [5.41, 5.74) is 0. The molecule has 64 valence electrons. The van der Waals surface area contributed by atoms with E-state index in [4.69, 9.17) is 0 Å². The molecule has 1 aliphatic heterocycles. The third kappa shape index (κ3) is 2.22. The van der Waals surface area contributed by atoms with Gasteiger partial charge in [0.2, 0.25) is 0 Å². The monoisotopic (exact) mass is 172 g/mol. The molecule has 1 rings (SSSR count). The van der Waals surface area contributed by atoms with Crippen molar-refractivity contribution in [3.63, 3.8) is 0 Å². The quantitative estimate of drug-likeness (QED) is 0.650. The van der Waals surface area contributed by atoms with Gasteiger partial charge in [0.25, 0.3) is 0 Å². The highest BCUT2D eigenvalue weighted by molar-refractivity contribution is 8.00. The number of hydrogen-bond acceptors (Lipinski definition) is 2. The Hall–Kier alpha value is 0.0200. The molecule has 1 fully saturated rings. The van der Waals surface area contributed by atoms with Gasteiger partial charge in [-0.05, 0) is 5.92 Å². The van der Waals surface area contributed by atoms with Crippen molar-refractivity contribution >= 4 is 17.5 Å². The molecule has 0 aromatic carbocycles. The van der Waals surface area contributed by atoms with E-state index in [1.54, 1.807) is 11.8 Å². The van der Waals surface area contributed by atoms with E-state index in [1.165, 1.54) is 12.8 Å². The summed E-state index contributed by atoms with van der Waals surface area (Å²) in [7, 11) is 0. The van der Waals surface area contributed by atoms with Crippen molar-refractivity contribution in [3.8, 4) is 0 Å². The van der Waals surface area contributed by atoms with Crippen molar-refractivity contribution in [1.29, 1.82) is 0 Å². The maximum atomic E-state index is 11.3. The van der Waals surface area contributed by atoms with Gasteiger partial charge in [0.05, 0.1) is 5.75 Å². The zero-order valence-corrected chi connectivity index (χ0v) is 8.12. The minimum atomic E-state index is 0.375. The van der Waals surface area contributed by atoms with Crippen molar-refractivity contribution in [2.24, 2.45) is 11.8 Å². The van der Waals surface area contributed by atoms with Crippen molar-refractivity contribution in [1.82, 2.24) is 0 Å². The van der Waals surface area contributed by atoms with Gasteiger partial charge in [0, 0.05) is 11.7 Å². The van der Waals surface area contributed by atoms with Gasteiger partial charge in [-0.1, -0.05) is 26.7 Å². The third-order valence-corrected chi connectivity index (χ3v) is 3.47. The van der Waals surface area contributed by atoms with Crippen LogP contribution in [0.1, 0.15) is 26.7 Å². The van der Waals surface area contributed by atoms with E-state index in [-0.39, 0.29) is 0 Å². The zero-order chi connectivity index (χ0) is 8.27. The lowest BCUT2D eigenvalue weighted by Crippen LogP contribution is -2.19. The summed E-state index contributed by atoms with van der Waals surface area (Å²) >= 11 is 1.79. The van der Waals surface area contributed by atoms with E-state index < -0.39 is 0 Å². The van der Waals surface area contributed by atoms with E-state index in [1.807, 2.05) is 0 Å². The molecule has 0 bridgehead atoms. The predicted octanol–water partition coefficient (Wildman–Crippen LogP) is 2.35. The fourth-order valence-corrected chi connectivity index (χ4v) is 2.93. The van der Waals surface area contributed by atoms with Crippen molar-refractivity contribution in [3.05, 3.63) is 0 Å². The van der Waals surface area contributed by atoms with Crippen LogP contribution in [0.5, 0.6) is 0 Å². The molecule has 0 amide bonds. The second kappa shape index (κ2) is 4.15. The number of Topliss-reactive ketones (excluding diaryl/α,β-unsaturated/α-hetero) is 1. The molecule has 2 atom stereocenters. The Labute approximate surface area is 72.9 Å². The third-order valence-electron chi connectivity index (χ3n) is 2.39. The zero-order valence-electron chi connectivity index (χ0n) is 7.30. The first-order valence-corrected chi connectivity index (χ1v) is 5.51. The van der Waals surface area contributed by atoms with Crippen LogP contribution in [0, 0.1) is 11.8 Å². The predicted molar refractivity (Wildman–Crippen MR) is 49.9 cm³/mol. The SMILES string of the molecule is CCCC(C)C1CSCC1=O. The summed E-state index contributed by atoms with van der Waals surface area (Å²) in [4.78, 5) is 11.3. The molecule has 1 saturated heterocycles. The maximum absolute atomic E-state index is 11.3. The Balaban J connectivity index is 2.39. The Morgan fingerprint density at radius 2 is 2.45 bits per heavy atom. The van der Waals surface area contributed by atoms with E-state index in [9.17, 15) is 4.79 Å². The van der Waals surface area contributed by atoms with Crippen LogP contribution in [-0.4, -0.2) is 17.3 Å². The molecule has 1 nitrogen and oxygen atoms in total. The number of hydrogen-bond donors (Lipinski definition) is 0. The van der Waals surface area contributed by atoms with Crippen LogP contribution < -0.4 is 0 Å². The number of rotatable bonds is 3. The highest BCUT2D eigenvalue weighted by atomic mass is 32.2. The Kier molecular flexibility index (Phi) is 3.44. The van der Waals surface area contributed by atoms with Gasteiger partial charge in [-0.25, -0.2) is 0 Å².